The lowest BCUT2D eigenvalue weighted by Crippen LogP contribution is -2.33. The average molecular weight is 512 g/mol. The Morgan fingerprint density at radius 2 is 1.95 bits per heavy atom. The summed E-state index contributed by atoms with van der Waals surface area (Å²) in [5, 5.41) is 10.2. The highest BCUT2D eigenvalue weighted by molar-refractivity contribution is 6.00. The molecule has 2 N–H and O–H groups in total. The molecule has 4 aromatic rings. The van der Waals surface area contributed by atoms with E-state index in [-0.39, 0.29) is 5.91 Å². The van der Waals surface area contributed by atoms with Crippen LogP contribution in [0.4, 0.5) is 9.18 Å². The highest BCUT2D eigenvalue weighted by Crippen LogP contribution is 2.41. The monoisotopic (exact) mass is 511 g/mol. The first-order valence-corrected chi connectivity index (χ1v) is 12.4. The van der Waals surface area contributed by atoms with Crippen molar-refractivity contribution in [3.8, 4) is 5.75 Å². The number of nitrogens with one attached hydrogen (secondary N) is 1. The maximum absolute atomic E-state index is 14.5. The fourth-order valence-corrected chi connectivity index (χ4v) is 5.50. The van der Waals surface area contributed by atoms with Gasteiger partial charge in [-0.05, 0) is 64.9 Å². The van der Waals surface area contributed by atoms with Crippen molar-refractivity contribution in [1.29, 1.82) is 0 Å². The van der Waals surface area contributed by atoms with Gasteiger partial charge in [0.25, 0.3) is 5.91 Å². The molecule has 1 atom stereocenters. The van der Waals surface area contributed by atoms with Gasteiger partial charge in [-0.25, -0.2) is 9.18 Å². The van der Waals surface area contributed by atoms with Crippen molar-refractivity contribution in [3.05, 3.63) is 107 Å². The van der Waals surface area contributed by atoms with E-state index in [0.717, 1.165) is 33.3 Å². The summed E-state index contributed by atoms with van der Waals surface area (Å²) in [5.41, 5.74) is 5.67. The number of nitrogens with zero attached hydrogens (tertiary/aromatic N) is 2. The molecule has 0 radical (unpaired) electrons. The van der Waals surface area contributed by atoms with Crippen LogP contribution in [0.15, 0.2) is 72.8 Å². The number of carboxylic acid groups (broad SMARTS) is 1. The molecule has 0 bridgehead atoms. The topological polar surface area (TPSA) is 85.9 Å². The number of methoxy groups -OCH3 is 1. The Balaban J connectivity index is 1.40. The van der Waals surface area contributed by atoms with Crippen LogP contribution in [0.25, 0.3) is 16.5 Å². The van der Waals surface area contributed by atoms with Gasteiger partial charge in [0.15, 0.2) is 0 Å². The Bertz CT molecular complexity index is 1580. The third kappa shape index (κ3) is 4.08. The van der Waals surface area contributed by atoms with E-state index >= 15 is 0 Å². The number of H-pyrrole nitrogens is 1. The molecular weight excluding hydrogens is 485 g/mol. The molecule has 0 spiro atoms. The van der Waals surface area contributed by atoms with Crippen LogP contribution < -0.4 is 4.74 Å². The molecule has 0 saturated heterocycles. The first-order chi connectivity index (χ1) is 18.4. The normalized spacial score (nSPS) is 15.9. The van der Waals surface area contributed by atoms with Crippen LogP contribution in [0.2, 0.25) is 0 Å². The van der Waals surface area contributed by atoms with E-state index in [0.29, 0.717) is 42.9 Å². The maximum atomic E-state index is 14.5. The number of hydrogen-bond acceptors (Lipinski definition) is 3. The van der Waals surface area contributed by atoms with Gasteiger partial charge in [-0.15, -0.1) is 0 Å². The molecule has 1 aromatic heterocycles. The molecular formula is C30H26FN3O4. The van der Waals surface area contributed by atoms with Crippen molar-refractivity contribution in [2.75, 3.05) is 20.2 Å². The minimum atomic E-state index is -0.934. The van der Waals surface area contributed by atoms with E-state index in [9.17, 15) is 19.1 Å². The van der Waals surface area contributed by atoms with Gasteiger partial charge in [0.2, 0.25) is 0 Å². The summed E-state index contributed by atoms with van der Waals surface area (Å²) in [4.78, 5) is 31.7. The molecule has 0 aliphatic carbocycles. The van der Waals surface area contributed by atoms with Gasteiger partial charge in [0.1, 0.15) is 17.6 Å². The number of aromatic amines is 1. The van der Waals surface area contributed by atoms with Crippen molar-refractivity contribution in [1.82, 2.24) is 14.8 Å². The fourth-order valence-electron chi connectivity index (χ4n) is 5.50. The second-order valence-electron chi connectivity index (χ2n) is 9.61. The average Bonchev–Trinajstić information content (AvgIpc) is 3.50. The zero-order valence-corrected chi connectivity index (χ0v) is 20.8. The number of aromatic nitrogens is 1. The molecule has 3 aromatic carbocycles. The Labute approximate surface area is 218 Å². The lowest BCUT2D eigenvalue weighted by Gasteiger charge is -2.29. The van der Waals surface area contributed by atoms with Crippen molar-refractivity contribution in [2.24, 2.45) is 0 Å². The number of ether oxygens (including phenoxy) is 1. The van der Waals surface area contributed by atoms with Gasteiger partial charge < -0.3 is 24.6 Å². The number of benzene rings is 3. The van der Waals surface area contributed by atoms with Gasteiger partial charge in [-0.1, -0.05) is 36.4 Å². The van der Waals surface area contributed by atoms with E-state index in [1.807, 2.05) is 54.6 Å². The van der Waals surface area contributed by atoms with Crippen LogP contribution in [0.3, 0.4) is 0 Å². The third-order valence-electron chi connectivity index (χ3n) is 7.44. The number of amides is 2. The number of hydrogen-bond donors (Lipinski definition) is 2. The molecule has 6 rings (SSSR count). The van der Waals surface area contributed by atoms with E-state index in [2.05, 4.69) is 4.98 Å². The summed E-state index contributed by atoms with van der Waals surface area (Å²) < 4.78 is 20.1. The first kappa shape index (κ1) is 23.8. The molecule has 0 unspecified atom stereocenters. The molecule has 0 saturated carbocycles. The molecule has 3 heterocycles. The number of carbonyl (C=O) groups excluding carboxylic acids is 1. The minimum absolute atomic E-state index is 0.152. The summed E-state index contributed by atoms with van der Waals surface area (Å²) in [6.45, 7) is 1.10. The minimum Gasteiger partial charge on any atom is -0.496 e. The second-order valence-corrected chi connectivity index (χ2v) is 9.61. The van der Waals surface area contributed by atoms with Crippen LogP contribution in [-0.2, 0) is 6.54 Å². The van der Waals surface area contributed by atoms with Crippen molar-refractivity contribution in [3.63, 3.8) is 0 Å². The Hall–Kier alpha value is -4.59. The van der Waals surface area contributed by atoms with Gasteiger partial charge in [0, 0.05) is 42.0 Å². The molecule has 192 valence electrons. The van der Waals surface area contributed by atoms with Crippen molar-refractivity contribution >= 4 is 28.5 Å². The summed E-state index contributed by atoms with van der Waals surface area (Å²) >= 11 is 0. The van der Waals surface area contributed by atoms with E-state index in [1.165, 1.54) is 24.1 Å². The van der Waals surface area contributed by atoms with Gasteiger partial charge >= 0.3 is 6.09 Å². The second kappa shape index (κ2) is 9.37. The van der Waals surface area contributed by atoms with Crippen LogP contribution in [0.5, 0.6) is 5.75 Å². The predicted molar refractivity (Wildman–Crippen MR) is 142 cm³/mol. The molecule has 8 heteroatoms. The highest BCUT2D eigenvalue weighted by atomic mass is 19.1. The van der Waals surface area contributed by atoms with E-state index in [1.54, 1.807) is 11.0 Å². The van der Waals surface area contributed by atoms with Crippen LogP contribution in [-0.4, -0.2) is 52.1 Å². The smallest absolute Gasteiger partial charge is 0.407 e. The number of carbonyl (C=O) groups is 2. The van der Waals surface area contributed by atoms with E-state index in [4.69, 9.17) is 4.74 Å². The van der Waals surface area contributed by atoms with Gasteiger partial charge in [0.05, 0.1) is 7.11 Å². The first-order valence-electron chi connectivity index (χ1n) is 12.4. The van der Waals surface area contributed by atoms with Crippen molar-refractivity contribution < 1.29 is 23.8 Å². The zero-order chi connectivity index (χ0) is 26.4. The number of halogens is 1. The fraction of sp³-hybridized carbons (Fsp3) is 0.200. The Morgan fingerprint density at radius 1 is 1.11 bits per heavy atom. The SMILES string of the molecule is COc1ccc(F)cc1[C@H](c1cc2ccccc2[nH]1)N1Cc2ccc(C3=CCN(C(=O)O)CC3)cc2C1=O. The molecule has 2 aliphatic rings. The lowest BCUT2D eigenvalue weighted by atomic mass is 9.96. The third-order valence-corrected chi connectivity index (χ3v) is 7.44. The van der Waals surface area contributed by atoms with Gasteiger partial charge in [-0.3, -0.25) is 4.79 Å². The van der Waals surface area contributed by atoms with Crippen LogP contribution in [0.1, 0.15) is 45.2 Å². The Morgan fingerprint density at radius 3 is 2.68 bits per heavy atom. The summed E-state index contributed by atoms with van der Waals surface area (Å²) in [6, 6.07) is 19.4. The number of para-hydroxylation sites is 1. The molecule has 2 aliphatic heterocycles. The maximum Gasteiger partial charge on any atom is 0.407 e. The standard InChI is InChI=1S/C30H26FN3O4/c1-38-27-9-8-22(31)16-24(27)28(26-15-20-4-2-3-5-25(20)32-26)34-17-21-7-6-19(14-23(21)29(34)35)18-10-12-33(13-11-18)30(36)37/h2-10,14-16,28,32H,11-13,17H2,1H3,(H,36,37)/t28-/m1/s1. The summed E-state index contributed by atoms with van der Waals surface area (Å²) in [7, 11) is 1.54. The van der Waals surface area contributed by atoms with Crippen molar-refractivity contribution in [2.45, 2.75) is 19.0 Å². The molecule has 7 nitrogen and oxygen atoms in total. The summed E-state index contributed by atoms with van der Waals surface area (Å²) in [5.74, 6) is -0.0664. The largest absolute Gasteiger partial charge is 0.496 e. The quantitative estimate of drug-likeness (QED) is 0.353. The summed E-state index contributed by atoms with van der Waals surface area (Å²) in [6.07, 6.45) is 1.55. The van der Waals surface area contributed by atoms with Gasteiger partial charge in [-0.2, -0.15) is 0 Å². The molecule has 2 amide bonds. The lowest BCUT2D eigenvalue weighted by molar-refractivity contribution is 0.0726. The predicted octanol–water partition coefficient (Wildman–Crippen LogP) is 5.83. The van der Waals surface area contributed by atoms with Crippen LogP contribution in [0, 0.1) is 5.82 Å². The van der Waals surface area contributed by atoms with Crippen LogP contribution >= 0.6 is 0 Å². The Kier molecular flexibility index (Phi) is 5.87. The zero-order valence-electron chi connectivity index (χ0n) is 20.8. The molecule has 0 fully saturated rings. The number of rotatable bonds is 5. The molecule has 38 heavy (non-hydrogen) atoms. The highest BCUT2D eigenvalue weighted by Gasteiger charge is 2.37. The number of fused-ring (bicyclic) bond motifs is 2. The van der Waals surface area contributed by atoms with E-state index < -0.39 is 18.0 Å².